The molecule has 0 radical (unpaired) electrons. The summed E-state index contributed by atoms with van der Waals surface area (Å²) in [6, 6.07) is 12.9. The van der Waals surface area contributed by atoms with Crippen molar-refractivity contribution in [3.63, 3.8) is 0 Å². The number of hydrogen-bond acceptors (Lipinski definition) is 6. The molecule has 9 heteroatoms. The zero-order valence-electron chi connectivity index (χ0n) is 19.0. The van der Waals surface area contributed by atoms with Crippen molar-refractivity contribution in [1.29, 1.82) is 0 Å². The Kier molecular flexibility index (Phi) is 8.01. The number of hydrogen-bond donors (Lipinski definition) is 1. The number of carbonyl (C=O) groups is 1. The van der Waals surface area contributed by atoms with Crippen LogP contribution in [0.3, 0.4) is 0 Å². The average molecular weight is 453 g/mol. The Balaban J connectivity index is 1.99. The predicted molar refractivity (Wildman–Crippen MR) is 125 cm³/mol. The lowest BCUT2D eigenvalue weighted by Gasteiger charge is -2.09. The van der Waals surface area contributed by atoms with E-state index in [1.54, 1.807) is 44.6 Å². The van der Waals surface area contributed by atoms with Crippen LogP contribution >= 0.6 is 0 Å². The van der Waals surface area contributed by atoms with Gasteiger partial charge in [0.15, 0.2) is 0 Å². The number of nitro benzene ring substituents is 1. The van der Waals surface area contributed by atoms with Crippen LogP contribution in [0.25, 0.3) is 16.9 Å². The van der Waals surface area contributed by atoms with Crippen LogP contribution in [0.1, 0.15) is 43.1 Å². The molecule has 1 aromatic heterocycles. The lowest BCUT2D eigenvalue weighted by atomic mass is 10.1. The van der Waals surface area contributed by atoms with Gasteiger partial charge in [0.2, 0.25) is 0 Å². The number of non-ortho nitro benzene ring substituents is 1. The van der Waals surface area contributed by atoms with Crippen molar-refractivity contribution in [2.24, 2.45) is 0 Å². The zero-order chi connectivity index (χ0) is 23.8. The lowest BCUT2D eigenvalue weighted by Crippen LogP contribution is -2.26. The van der Waals surface area contributed by atoms with Gasteiger partial charge < -0.3 is 14.8 Å². The minimum atomic E-state index is -0.468. The first-order valence-corrected chi connectivity index (χ1v) is 10.8. The van der Waals surface area contributed by atoms with Crippen LogP contribution in [0.2, 0.25) is 0 Å². The highest BCUT2D eigenvalue weighted by atomic mass is 16.6. The van der Waals surface area contributed by atoms with E-state index in [0.29, 0.717) is 40.7 Å². The smallest absolute Gasteiger partial charge is 0.270 e. The first-order chi connectivity index (χ1) is 16.0. The van der Waals surface area contributed by atoms with Crippen LogP contribution in [0.15, 0.2) is 48.5 Å². The maximum atomic E-state index is 13.0. The van der Waals surface area contributed by atoms with Gasteiger partial charge in [0.1, 0.15) is 17.2 Å². The summed E-state index contributed by atoms with van der Waals surface area (Å²) in [5, 5.41) is 18.6. The van der Waals surface area contributed by atoms with Crippen molar-refractivity contribution < 1.29 is 19.2 Å². The van der Waals surface area contributed by atoms with Gasteiger partial charge in [-0.1, -0.05) is 26.2 Å². The monoisotopic (exact) mass is 452 g/mol. The van der Waals surface area contributed by atoms with Crippen LogP contribution in [0, 0.1) is 10.1 Å². The second-order valence-electron chi connectivity index (χ2n) is 7.48. The molecule has 0 saturated carbocycles. The number of unbranched alkanes of at least 4 members (excludes halogenated alkanes) is 3. The maximum Gasteiger partial charge on any atom is 0.270 e. The van der Waals surface area contributed by atoms with Gasteiger partial charge in [0, 0.05) is 30.3 Å². The SMILES string of the molecule is CCCCCCNC(=O)c1cc(-c2ccc(OC)cc2OC)nn1-c1ccc([N+](=O)[O-])cc1. The van der Waals surface area contributed by atoms with Crippen LogP contribution < -0.4 is 14.8 Å². The second-order valence-corrected chi connectivity index (χ2v) is 7.48. The number of nitro groups is 1. The van der Waals surface area contributed by atoms with Crippen molar-refractivity contribution >= 4 is 11.6 Å². The molecule has 33 heavy (non-hydrogen) atoms. The topological polar surface area (TPSA) is 109 Å². The van der Waals surface area contributed by atoms with E-state index in [1.807, 2.05) is 6.07 Å². The molecule has 0 aliphatic rings. The Labute approximate surface area is 192 Å². The summed E-state index contributed by atoms with van der Waals surface area (Å²) in [5.41, 5.74) is 2.05. The van der Waals surface area contributed by atoms with Gasteiger partial charge in [-0.15, -0.1) is 0 Å². The molecule has 1 amide bonds. The molecule has 3 aromatic rings. The van der Waals surface area contributed by atoms with Gasteiger partial charge in [-0.3, -0.25) is 14.9 Å². The van der Waals surface area contributed by atoms with Crippen molar-refractivity contribution in [1.82, 2.24) is 15.1 Å². The largest absolute Gasteiger partial charge is 0.497 e. The Morgan fingerprint density at radius 2 is 1.82 bits per heavy atom. The molecule has 2 aromatic carbocycles. The molecule has 9 nitrogen and oxygen atoms in total. The molecule has 0 spiro atoms. The summed E-state index contributed by atoms with van der Waals surface area (Å²) in [6.45, 7) is 2.70. The fourth-order valence-electron chi connectivity index (χ4n) is 3.44. The Morgan fingerprint density at radius 3 is 2.45 bits per heavy atom. The molecular formula is C24H28N4O5. The third-order valence-electron chi connectivity index (χ3n) is 5.25. The van der Waals surface area contributed by atoms with Crippen molar-refractivity contribution in [2.45, 2.75) is 32.6 Å². The Bertz CT molecular complexity index is 1110. The van der Waals surface area contributed by atoms with E-state index in [2.05, 4.69) is 17.3 Å². The standard InChI is InChI=1S/C24H28N4O5/c1-4-5-6-7-14-25-24(29)22-16-21(20-13-12-19(32-2)15-23(20)33-3)26-27(22)17-8-10-18(11-9-17)28(30)31/h8-13,15-16H,4-7,14H2,1-3H3,(H,25,29). The molecule has 3 rings (SSSR count). The maximum absolute atomic E-state index is 13.0. The quantitative estimate of drug-likeness (QED) is 0.255. The minimum Gasteiger partial charge on any atom is -0.497 e. The van der Waals surface area contributed by atoms with E-state index in [0.717, 1.165) is 25.7 Å². The van der Waals surface area contributed by atoms with Crippen molar-refractivity contribution in [3.8, 4) is 28.4 Å². The number of ether oxygens (including phenoxy) is 2. The molecule has 0 atom stereocenters. The number of carbonyl (C=O) groups excluding carboxylic acids is 1. The van der Waals surface area contributed by atoms with Gasteiger partial charge >= 0.3 is 0 Å². The molecule has 0 unspecified atom stereocenters. The average Bonchev–Trinajstić information content (AvgIpc) is 3.28. The predicted octanol–water partition coefficient (Wildman–Crippen LogP) is 4.77. The van der Waals surface area contributed by atoms with Crippen LogP contribution in [-0.2, 0) is 0 Å². The number of benzene rings is 2. The third kappa shape index (κ3) is 5.68. The van der Waals surface area contributed by atoms with Gasteiger partial charge in [-0.2, -0.15) is 5.10 Å². The minimum absolute atomic E-state index is 0.0371. The van der Waals surface area contributed by atoms with E-state index in [1.165, 1.54) is 16.8 Å². The highest BCUT2D eigenvalue weighted by Crippen LogP contribution is 2.33. The molecule has 0 aliphatic heterocycles. The number of methoxy groups -OCH3 is 2. The normalized spacial score (nSPS) is 10.6. The van der Waals surface area contributed by atoms with E-state index in [-0.39, 0.29) is 11.6 Å². The molecule has 0 bridgehead atoms. The number of amides is 1. The lowest BCUT2D eigenvalue weighted by molar-refractivity contribution is -0.384. The molecule has 0 saturated heterocycles. The number of nitrogens with one attached hydrogen (secondary N) is 1. The molecule has 0 aliphatic carbocycles. The van der Waals surface area contributed by atoms with E-state index in [4.69, 9.17) is 9.47 Å². The summed E-state index contributed by atoms with van der Waals surface area (Å²) in [5.74, 6) is 0.917. The second kappa shape index (κ2) is 11.1. The molecular weight excluding hydrogens is 424 g/mol. The molecule has 0 fully saturated rings. The molecule has 1 heterocycles. The highest BCUT2D eigenvalue weighted by molar-refractivity contribution is 5.94. The first kappa shape index (κ1) is 23.8. The van der Waals surface area contributed by atoms with Crippen LogP contribution in [-0.4, -0.2) is 41.4 Å². The number of rotatable bonds is 11. The summed E-state index contributed by atoms with van der Waals surface area (Å²) >= 11 is 0. The van der Waals surface area contributed by atoms with Gasteiger partial charge in [0.25, 0.3) is 11.6 Å². The number of nitrogens with zero attached hydrogens (tertiary/aromatic N) is 3. The highest BCUT2D eigenvalue weighted by Gasteiger charge is 2.20. The van der Waals surface area contributed by atoms with Crippen LogP contribution in [0.5, 0.6) is 11.5 Å². The number of aromatic nitrogens is 2. The van der Waals surface area contributed by atoms with E-state index in [9.17, 15) is 14.9 Å². The van der Waals surface area contributed by atoms with Crippen molar-refractivity contribution in [3.05, 3.63) is 64.3 Å². The van der Waals surface area contributed by atoms with Gasteiger partial charge in [-0.25, -0.2) is 4.68 Å². The van der Waals surface area contributed by atoms with Crippen molar-refractivity contribution in [2.75, 3.05) is 20.8 Å². The van der Waals surface area contributed by atoms with Gasteiger partial charge in [0.05, 0.1) is 30.5 Å². The molecule has 174 valence electrons. The fraction of sp³-hybridized carbons (Fsp3) is 0.333. The van der Waals surface area contributed by atoms with E-state index >= 15 is 0 Å². The summed E-state index contributed by atoms with van der Waals surface area (Å²) in [7, 11) is 3.12. The van der Waals surface area contributed by atoms with Crippen LogP contribution in [0.4, 0.5) is 5.69 Å². The van der Waals surface area contributed by atoms with E-state index < -0.39 is 4.92 Å². The Hall–Kier alpha value is -3.88. The van der Waals surface area contributed by atoms with Gasteiger partial charge in [-0.05, 0) is 36.8 Å². The summed E-state index contributed by atoms with van der Waals surface area (Å²) in [4.78, 5) is 23.6. The summed E-state index contributed by atoms with van der Waals surface area (Å²) in [6.07, 6.45) is 4.18. The summed E-state index contributed by atoms with van der Waals surface area (Å²) < 4.78 is 12.2. The molecule has 1 N–H and O–H groups in total. The third-order valence-corrected chi connectivity index (χ3v) is 5.25. The fourth-order valence-corrected chi connectivity index (χ4v) is 3.44. The first-order valence-electron chi connectivity index (χ1n) is 10.8. The zero-order valence-corrected chi connectivity index (χ0v) is 19.0. The Morgan fingerprint density at radius 1 is 1.06 bits per heavy atom.